The molecule has 0 N–H and O–H groups in total. The lowest BCUT2D eigenvalue weighted by Gasteiger charge is -2.27. The van der Waals surface area contributed by atoms with E-state index in [4.69, 9.17) is 9.47 Å². The number of halogens is 1. The predicted molar refractivity (Wildman–Crippen MR) is 90.7 cm³/mol. The minimum Gasteiger partial charge on any atom is -0.489 e. The number of esters is 1. The van der Waals surface area contributed by atoms with Gasteiger partial charge in [0, 0.05) is 0 Å². The molecule has 0 spiro atoms. The Morgan fingerprint density at radius 1 is 1.48 bits per heavy atom. The third-order valence-corrected chi connectivity index (χ3v) is 4.74. The van der Waals surface area contributed by atoms with E-state index in [0.29, 0.717) is 0 Å². The van der Waals surface area contributed by atoms with Crippen molar-refractivity contribution in [2.45, 2.75) is 13.0 Å². The molecule has 0 amide bonds. The molecule has 0 saturated heterocycles. The van der Waals surface area contributed by atoms with Gasteiger partial charge < -0.3 is 14.2 Å². The van der Waals surface area contributed by atoms with Crippen LogP contribution >= 0.6 is 15.9 Å². The first-order valence-corrected chi connectivity index (χ1v) is 7.96. The molecule has 1 aliphatic rings. The lowest BCUT2D eigenvalue weighted by molar-refractivity contribution is -0.384. The van der Waals surface area contributed by atoms with Crippen LogP contribution in [0.1, 0.15) is 23.3 Å². The average molecular weight is 413 g/mol. The number of pyridine rings is 1. The molecule has 2 aromatic rings. The largest absolute Gasteiger partial charge is 0.489 e. The summed E-state index contributed by atoms with van der Waals surface area (Å²) >= 11 is 3.25. The molecule has 25 heavy (non-hydrogen) atoms. The molecular formula is C15H13BrN2O7. The van der Waals surface area contributed by atoms with Crippen molar-refractivity contribution in [1.82, 2.24) is 4.57 Å². The van der Waals surface area contributed by atoms with Gasteiger partial charge in [-0.2, -0.15) is 0 Å². The third-order valence-electron chi connectivity index (χ3n) is 4.02. The Balaban J connectivity index is 2.63. The molecule has 0 radical (unpaired) electrons. The fourth-order valence-electron chi connectivity index (χ4n) is 2.94. The number of hydrogen-bond acceptors (Lipinski definition) is 7. The standard InChI is InChI=1S/C15H13BrN2O7/c1-6-5-25-13-9(16)12(23-2)11(18(21)22)7-4-8(15(20)24-3)14(19)17(6)10(7)13/h4,6H,5H2,1-3H3/t6-/m0/s1. The van der Waals surface area contributed by atoms with Gasteiger partial charge in [-0.3, -0.25) is 19.5 Å². The maximum absolute atomic E-state index is 12.7. The Hall–Kier alpha value is -2.62. The first kappa shape index (κ1) is 17.2. The number of nitrogens with zero attached hydrogens (tertiary/aromatic N) is 2. The highest BCUT2D eigenvalue weighted by atomic mass is 79.9. The van der Waals surface area contributed by atoms with E-state index < -0.39 is 22.5 Å². The maximum Gasteiger partial charge on any atom is 0.343 e. The van der Waals surface area contributed by atoms with E-state index in [-0.39, 0.29) is 44.7 Å². The van der Waals surface area contributed by atoms with Crippen LogP contribution in [0, 0.1) is 10.1 Å². The summed E-state index contributed by atoms with van der Waals surface area (Å²) < 4.78 is 17.0. The van der Waals surface area contributed by atoms with Gasteiger partial charge in [-0.1, -0.05) is 0 Å². The molecule has 9 nitrogen and oxygen atoms in total. The van der Waals surface area contributed by atoms with Crippen molar-refractivity contribution in [3.05, 3.63) is 36.6 Å². The van der Waals surface area contributed by atoms with E-state index in [2.05, 4.69) is 20.7 Å². The molecule has 0 aliphatic carbocycles. The second kappa shape index (κ2) is 6.03. The number of nitro benzene ring substituents is 1. The molecular weight excluding hydrogens is 400 g/mol. The summed E-state index contributed by atoms with van der Waals surface area (Å²) in [6, 6.07) is 0.727. The van der Waals surface area contributed by atoms with E-state index in [9.17, 15) is 19.7 Å². The molecule has 10 heteroatoms. The van der Waals surface area contributed by atoms with Gasteiger partial charge >= 0.3 is 11.7 Å². The topological polar surface area (TPSA) is 110 Å². The molecule has 1 aromatic heterocycles. The molecule has 3 rings (SSSR count). The Bertz CT molecular complexity index is 982. The summed E-state index contributed by atoms with van der Waals surface area (Å²) in [7, 11) is 2.42. The number of benzene rings is 1. The van der Waals surface area contributed by atoms with Crippen LogP contribution in [-0.2, 0) is 4.74 Å². The summed E-state index contributed by atoms with van der Waals surface area (Å²) in [5, 5.41) is 11.7. The van der Waals surface area contributed by atoms with Crippen LogP contribution in [0.15, 0.2) is 15.3 Å². The van der Waals surface area contributed by atoms with Gasteiger partial charge in [0.2, 0.25) is 5.75 Å². The SMILES string of the molecule is COC(=O)c1cc2c([N+](=O)[O-])c(OC)c(Br)c3c2n(c1=O)[C@@H](C)CO3. The normalized spacial score (nSPS) is 15.6. The zero-order chi connectivity index (χ0) is 18.5. The van der Waals surface area contributed by atoms with E-state index in [1.54, 1.807) is 6.92 Å². The molecule has 1 atom stereocenters. The van der Waals surface area contributed by atoms with Crippen molar-refractivity contribution in [3.8, 4) is 11.5 Å². The zero-order valence-corrected chi connectivity index (χ0v) is 15.1. The van der Waals surface area contributed by atoms with Gasteiger partial charge in [0.1, 0.15) is 22.2 Å². The fraction of sp³-hybridized carbons (Fsp3) is 0.333. The Kier molecular flexibility index (Phi) is 4.15. The smallest absolute Gasteiger partial charge is 0.343 e. The summed E-state index contributed by atoms with van der Waals surface area (Å²) in [6.07, 6.45) is 0. The van der Waals surface area contributed by atoms with Crippen molar-refractivity contribution in [2.75, 3.05) is 20.8 Å². The van der Waals surface area contributed by atoms with Crippen LogP contribution in [0.5, 0.6) is 11.5 Å². The summed E-state index contributed by atoms with van der Waals surface area (Å²) in [5.74, 6) is -0.667. The maximum atomic E-state index is 12.7. The van der Waals surface area contributed by atoms with E-state index in [1.807, 2.05) is 0 Å². The highest BCUT2D eigenvalue weighted by Crippen LogP contribution is 2.49. The van der Waals surface area contributed by atoms with Crippen LogP contribution in [0.25, 0.3) is 10.9 Å². The molecule has 1 aliphatic heterocycles. The minimum atomic E-state index is -0.868. The molecule has 0 unspecified atom stereocenters. The number of methoxy groups -OCH3 is 2. The van der Waals surface area contributed by atoms with Crippen molar-refractivity contribution in [1.29, 1.82) is 0 Å². The van der Waals surface area contributed by atoms with E-state index in [0.717, 1.165) is 13.2 Å². The van der Waals surface area contributed by atoms with Crippen LogP contribution in [0.4, 0.5) is 5.69 Å². The summed E-state index contributed by atoms with van der Waals surface area (Å²) in [6.45, 7) is 1.88. The van der Waals surface area contributed by atoms with Gasteiger partial charge in [-0.25, -0.2) is 4.79 Å². The monoisotopic (exact) mass is 412 g/mol. The van der Waals surface area contributed by atoms with Gasteiger partial charge in [0.15, 0.2) is 5.75 Å². The van der Waals surface area contributed by atoms with Crippen molar-refractivity contribution in [2.24, 2.45) is 0 Å². The van der Waals surface area contributed by atoms with Crippen LogP contribution in [0.3, 0.4) is 0 Å². The van der Waals surface area contributed by atoms with Crippen LogP contribution in [0.2, 0.25) is 0 Å². The predicted octanol–water partition coefficient (Wildman–Crippen LogP) is 2.42. The van der Waals surface area contributed by atoms with Gasteiger partial charge in [-0.05, 0) is 28.9 Å². The van der Waals surface area contributed by atoms with Crippen LogP contribution in [-0.4, -0.2) is 36.3 Å². The highest BCUT2D eigenvalue weighted by Gasteiger charge is 2.35. The average Bonchev–Trinajstić information content (AvgIpc) is 2.58. The van der Waals surface area contributed by atoms with Gasteiger partial charge in [0.25, 0.3) is 5.56 Å². The number of carbonyl (C=O) groups excluding carboxylic acids is 1. The number of nitro groups is 1. The van der Waals surface area contributed by atoms with Crippen molar-refractivity contribution >= 4 is 38.5 Å². The number of aromatic nitrogens is 1. The van der Waals surface area contributed by atoms with Crippen molar-refractivity contribution < 1.29 is 23.9 Å². The number of hydrogen-bond donors (Lipinski definition) is 0. The molecule has 1 aromatic carbocycles. The first-order valence-electron chi connectivity index (χ1n) is 7.17. The number of ether oxygens (including phenoxy) is 3. The first-order chi connectivity index (χ1) is 11.8. The molecule has 0 fully saturated rings. The molecule has 0 bridgehead atoms. The quantitative estimate of drug-likeness (QED) is 0.432. The van der Waals surface area contributed by atoms with Gasteiger partial charge in [0.05, 0.1) is 30.6 Å². The third kappa shape index (κ3) is 2.36. The van der Waals surface area contributed by atoms with E-state index >= 15 is 0 Å². The second-order valence-electron chi connectivity index (χ2n) is 5.43. The molecule has 2 heterocycles. The Morgan fingerprint density at radius 3 is 2.72 bits per heavy atom. The van der Waals surface area contributed by atoms with Crippen molar-refractivity contribution in [3.63, 3.8) is 0 Å². The fourth-order valence-corrected chi connectivity index (χ4v) is 3.59. The number of rotatable bonds is 3. The van der Waals surface area contributed by atoms with E-state index in [1.165, 1.54) is 11.7 Å². The second-order valence-corrected chi connectivity index (χ2v) is 6.22. The lowest BCUT2D eigenvalue weighted by Crippen LogP contribution is -2.34. The minimum absolute atomic E-state index is 0.0527. The van der Waals surface area contributed by atoms with Crippen LogP contribution < -0.4 is 15.0 Å². The Labute approximate surface area is 149 Å². The molecule has 132 valence electrons. The van der Waals surface area contributed by atoms with Gasteiger partial charge in [-0.15, -0.1) is 0 Å². The Morgan fingerprint density at radius 2 is 2.16 bits per heavy atom. The lowest BCUT2D eigenvalue weighted by atomic mass is 10.1. The molecule has 0 saturated carbocycles. The summed E-state index contributed by atoms with van der Waals surface area (Å²) in [5.41, 5.74) is -1.02. The highest BCUT2D eigenvalue weighted by molar-refractivity contribution is 9.10. The number of carbonyl (C=O) groups is 1. The zero-order valence-electron chi connectivity index (χ0n) is 13.5. The summed E-state index contributed by atoms with van der Waals surface area (Å²) in [4.78, 5) is 35.8.